The molecule has 90 valence electrons. The molecule has 2 aromatic carbocycles. The zero-order valence-corrected chi connectivity index (χ0v) is 10.3. The van der Waals surface area contributed by atoms with E-state index in [0.29, 0.717) is 5.56 Å². The van der Waals surface area contributed by atoms with E-state index in [1.54, 1.807) is 0 Å². The van der Waals surface area contributed by atoms with Gasteiger partial charge in [0.25, 0.3) is 0 Å². The fraction of sp³-hybridized carbons (Fsp3) is 0. The fourth-order valence-corrected chi connectivity index (χ4v) is 1.50. The standard InChI is InChI=1S/C15H10O2.ClH/c16-15(17)11-8-12-6-9-14(10-7-12)13-4-2-1-3-5-13;/h1-7,9-10H,(H,16,17);1H. The van der Waals surface area contributed by atoms with Crippen molar-refractivity contribution in [3.8, 4) is 23.0 Å². The third-order valence-electron chi connectivity index (χ3n) is 2.31. The van der Waals surface area contributed by atoms with Gasteiger partial charge < -0.3 is 5.11 Å². The number of halogens is 1. The molecule has 2 rings (SSSR count). The predicted molar refractivity (Wildman–Crippen MR) is 73.6 cm³/mol. The smallest absolute Gasteiger partial charge is 0.382 e. The van der Waals surface area contributed by atoms with Gasteiger partial charge >= 0.3 is 5.97 Å². The first-order valence-electron chi connectivity index (χ1n) is 5.16. The molecule has 18 heavy (non-hydrogen) atoms. The van der Waals surface area contributed by atoms with Crippen LogP contribution in [0, 0.1) is 11.8 Å². The van der Waals surface area contributed by atoms with Gasteiger partial charge in [0.05, 0.1) is 0 Å². The van der Waals surface area contributed by atoms with Crippen LogP contribution in [0.3, 0.4) is 0 Å². The highest BCUT2D eigenvalue weighted by Gasteiger charge is 1.95. The molecule has 0 radical (unpaired) electrons. The summed E-state index contributed by atoms with van der Waals surface area (Å²) in [4.78, 5) is 10.3. The molecule has 0 aliphatic heterocycles. The van der Waals surface area contributed by atoms with Crippen LogP contribution in [0.15, 0.2) is 54.6 Å². The predicted octanol–water partition coefficient (Wildman–Crippen LogP) is 3.21. The minimum Gasteiger partial charge on any atom is -0.472 e. The lowest BCUT2D eigenvalue weighted by molar-refractivity contribution is -0.130. The third-order valence-corrected chi connectivity index (χ3v) is 2.31. The lowest BCUT2D eigenvalue weighted by Gasteiger charge is -2.00. The molecular formula is C15H11ClO2. The van der Waals surface area contributed by atoms with Gasteiger partial charge in [0, 0.05) is 11.5 Å². The quantitative estimate of drug-likeness (QED) is 0.798. The summed E-state index contributed by atoms with van der Waals surface area (Å²) in [6.07, 6.45) is 0. The van der Waals surface area contributed by atoms with Crippen LogP contribution in [-0.4, -0.2) is 11.1 Å². The lowest BCUT2D eigenvalue weighted by Crippen LogP contribution is -1.87. The molecule has 0 spiro atoms. The van der Waals surface area contributed by atoms with Crippen LogP contribution in [0.5, 0.6) is 0 Å². The van der Waals surface area contributed by atoms with E-state index in [4.69, 9.17) is 5.11 Å². The second-order valence-corrected chi connectivity index (χ2v) is 3.50. The summed E-state index contributed by atoms with van der Waals surface area (Å²) < 4.78 is 0. The molecule has 0 aliphatic rings. The van der Waals surface area contributed by atoms with Gasteiger partial charge in [-0.1, -0.05) is 48.4 Å². The largest absolute Gasteiger partial charge is 0.472 e. The number of carboxylic acids is 1. The van der Waals surface area contributed by atoms with E-state index in [0.717, 1.165) is 11.1 Å². The van der Waals surface area contributed by atoms with Gasteiger partial charge in [-0.15, -0.1) is 12.4 Å². The van der Waals surface area contributed by atoms with Gasteiger partial charge in [-0.05, 0) is 23.3 Å². The maximum Gasteiger partial charge on any atom is 0.382 e. The van der Waals surface area contributed by atoms with Crippen molar-refractivity contribution in [1.82, 2.24) is 0 Å². The second-order valence-electron chi connectivity index (χ2n) is 3.50. The van der Waals surface area contributed by atoms with Gasteiger partial charge in [0.1, 0.15) is 0 Å². The monoisotopic (exact) mass is 258 g/mol. The number of rotatable bonds is 1. The summed E-state index contributed by atoms with van der Waals surface area (Å²) in [5.41, 5.74) is 2.92. The Morgan fingerprint density at radius 2 is 1.44 bits per heavy atom. The summed E-state index contributed by atoms with van der Waals surface area (Å²) in [5.74, 6) is 3.55. The molecule has 1 N–H and O–H groups in total. The molecule has 0 heterocycles. The molecule has 2 aromatic rings. The molecule has 0 bridgehead atoms. The van der Waals surface area contributed by atoms with E-state index in [9.17, 15) is 4.79 Å². The maximum absolute atomic E-state index is 10.3. The zero-order chi connectivity index (χ0) is 12.1. The summed E-state index contributed by atoms with van der Waals surface area (Å²) in [7, 11) is 0. The number of aliphatic carboxylic acids is 1. The Morgan fingerprint density at radius 1 is 0.889 bits per heavy atom. The van der Waals surface area contributed by atoms with Gasteiger partial charge in [-0.3, -0.25) is 0 Å². The summed E-state index contributed by atoms with van der Waals surface area (Å²) >= 11 is 0. The Kier molecular flexibility index (Phi) is 4.98. The summed E-state index contributed by atoms with van der Waals surface area (Å²) in [6, 6.07) is 17.5. The van der Waals surface area contributed by atoms with E-state index in [-0.39, 0.29) is 12.4 Å². The Hall–Kier alpha value is -2.24. The minimum atomic E-state index is -1.11. The fourth-order valence-electron chi connectivity index (χ4n) is 1.50. The molecule has 0 atom stereocenters. The van der Waals surface area contributed by atoms with Gasteiger partial charge in [0.15, 0.2) is 0 Å². The van der Waals surface area contributed by atoms with Crippen molar-refractivity contribution in [3.63, 3.8) is 0 Å². The molecule has 3 heteroatoms. The average Bonchev–Trinajstić information content (AvgIpc) is 2.38. The highest BCUT2D eigenvalue weighted by atomic mass is 35.5. The Bertz CT molecular complexity index is 577. The first-order valence-corrected chi connectivity index (χ1v) is 5.16. The minimum absolute atomic E-state index is 0. The highest BCUT2D eigenvalue weighted by Crippen LogP contribution is 2.18. The van der Waals surface area contributed by atoms with Crippen LogP contribution in [-0.2, 0) is 4.79 Å². The lowest BCUT2D eigenvalue weighted by atomic mass is 10.0. The molecule has 0 saturated heterocycles. The highest BCUT2D eigenvalue weighted by molar-refractivity contribution is 5.87. The van der Waals surface area contributed by atoms with Gasteiger partial charge in [-0.2, -0.15) is 0 Å². The van der Waals surface area contributed by atoms with E-state index < -0.39 is 5.97 Å². The molecule has 0 saturated carbocycles. The van der Waals surface area contributed by atoms with Crippen molar-refractivity contribution in [3.05, 3.63) is 60.2 Å². The molecular weight excluding hydrogens is 248 g/mol. The molecule has 2 nitrogen and oxygen atoms in total. The maximum atomic E-state index is 10.3. The number of carbonyl (C=O) groups is 1. The first kappa shape index (κ1) is 13.8. The Morgan fingerprint density at radius 3 is 2.00 bits per heavy atom. The van der Waals surface area contributed by atoms with Crippen LogP contribution < -0.4 is 0 Å². The molecule has 0 unspecified atom stereocenters. The van der Waals surface area contributed by atoms with E-state index in [1.807, 2.05) is 54.6 Å². The number of benzene rings is 2. The van der Waals surface area contributed by atoms with Crippen LogP contribution in [0.4, 0.5) is 0 Å². The normalized spacial score (nSPS) is 8.67. The van der Waals surface area contributed by atoms with Crippen molar-refractivity contribution >= 4 is 18.4 Å². The number of carboxylic acid groups (broad SMARTS) is 1. The molecule has 0 fully saturated rings. The van der Waals surface area contributed by atoms with Gasteiger partial charge in [-0.25, -0.2) is 4.79 Å². The number of hydrogen-bond donors (Lipinski definition) is 1. The molecule has 0 amide bonds. The average molecular weight is 259 g/mol. The van der Waals surface area contributed by atoms with Crippen molar-refractivity contribution in [1.29, 1.82) is 0 Å². The van der Waals surface area contributed by atoms with Crippen molar-refractivity contribution in [2.45, 2.75) is 0 Å². The molecule has 0 aliphatic carbocycles. The van der Waals surface area contributed by atoms with Crippen LogP contribution >= 0.6 is 12.4 Å². The summed E-state index contributed by atoms with van der Waals surface area (Å²) in [5, 5.41) is 8.43. The zero-order valence-electron chi connectivity index (χ0n) is 9.46. The Balaban J connectivity index is 0.00000162. The van der Waals surface area contributed by atoms with Crippen molar-refractivity contribution in [2.75, 3.05) is 0 Å². The topological polar surface area (TPSA) is 37.3 Å². The van der Waals surface area contributed by atoms with Crippen LogP contribution in [0.2, 0.25) is 0 Å². The second kappa shape index (κ2) is 6.48. The van der Waals surface area contributed by atoms with Gasteiger partial charge in [0.2, 0.25) is 0 Å². The van der Waals surface area contributed by atoms with Crippen molar-refractivity contribution < 1.29 is 9.90 Å². The summed E-state index contributed by atoms with van der Waals surface area (Å²) in [6.45, 7) is 0. The third kappa shape index (κ3) is 3.65. The van der Waals surface area contributed by atoms with E-state index in [1.165, 1.54) is 0 Å². The van der Waals surface area contributed by atoms with E-state index in [2.05, 4.69) is 11.8 Å². The van der Waals surface area contributed by atoms with Crippen LogP contribution in [0.1, 0.15) is 5.56 Å². The molecule has 0 aromatic heterocycles. The first-order chi connectivity index (χ1) is 8.25. The Labute approximate surface area is 112 Å². The number of hydrogen-bond acceptors (Lipinski definition) is 1. The van der Waals surface area contributed by atoms with E-state index >= 15 is 0 Å². The SMILES string of the molecule is Cl.O=C(O)C#Cc1ccc(-c2ccccc2)cc1. The van der Waals surface area contributed by atoms with Crippen molar-refractivity contribution in [2.24, 2.45) is 0 Å². The van der Waals surface area contributed by atoms with Crippen LogP contribution in [0.25, 0.3) is 11.1 Å².